The maximum absolute atomic E-state index is 13.8. The van der Waals surface area contributed by atoms with E-state index >= 15 is 0 Å². The van der Waals surface area contributed by atoms with Gasteiger partial charge in [0.05, 0.1) is 6.42 Å². The number of nitrogens with one attached hydrogen (secondary N) is 1. The Bertz CT molecular complexity index is 744. The third kappa shape index (κ3) is 4.51. The molecule has 1 aromatic carbocycles. The summed E-state index contributed by atoms with van der Waals surface area (Å²) in [6.45, 7) is 4.83. The Labute approximate surface area is 165 Å². The van der Waals surface area contributed by atoms with Gasteiger partial charge in [-0.05, 0) is 44.7 Å². The maximum Gasteiger partial charge on any atom is 0.243 e. The van der Waals surface area contributed by atoms with Crippen molar-refractivity contribution >= 4 is 17.7 Å². The average Bonchev–Trinajstić information content (AvgIpc) is 3.05. The highest BCUT2D eigenvalue weighted by atomic mass is 19.1. The van der Waals surface area contributed by atoms with Gasteiger partial charge in [-0.15, -0.1) is 0 Å². The lowest BCUT2D eigenvalue weighted by Crippen LogP contribution is -2.54. The van der Waals surface area contributed by atoms with Gasteiger partial charge in [-0.1, -0.05) is 18.2 Å². The third-order valence-corrected chi connectivity index (χ3v) is 5.50. The predicted octanol–water partition coefficient (Wildman–Crippen LogP) is 1.87. The highest BCUT2D eigenvalue weighted by Gasteiger charge is 2.41. The van der Waals surface area contributed by atoms with Gasteiger partial charge in [0.2, 0.25) is 17.7 Å². The van der Waals surface area contributed by atoms with Crippen molar-refractivity contribution in [2.45, 2.75) is 64.1 Å². The molecule has 0 saturated carbocycles. The maximum atomic E-state index is 13.8. The summed E-state index contributed by atoms with van der Waals surface area (Å²) < 4.78 is 13.8. The molecule has 2 aliphatic rings. The minimum absolute atomic E-state index is 0.0139. The molecule has 0 aliphatic carbocycles. The molecule has 2 fully saturated rings. The van der Waals surface area contributed by atoms with Crippen molar-refractivity contribution in [3.05, 3.63) is 35.6 Å². The van der Waals surface area contributed by atoms with E-state index in [-0.39, 0.29) is 42.0 Å². The SMILES string of the molecule is CC(C)NC(=O)C1CCC(=O)N1C1CCN(C(=O)Cc2ccccc2F)CC1. The van der Waals surface area contributed by atoms with Crippen LogP contribution in [0, 0.1) is 5.82 Å². The highest BCUT2D eigenvalue weighted by Crippen LogP contribution is 2.27. The summed E-state index contributed by atoms with van der Waals surface area (Å²) in [6, 6.07) is 5.89. The first-order valence-corrected chi connectivity index (χ1v) is 9.99. The number of halogens is 1. The van der Waals surface area contributed by atoms with Gasteiger partial charge in [-0.25, -0.2) is 4.39 Å². The zero-order chi connectivity index (χ0) is 20.3. The number of nitrogens with zero attached hydrogens (tertiary/aromatic N) is 2. The molecule has 3 amide bonds. The summed E-state index contributed by atoms with van der Waals surface area (Å²) in [7, 11) is 0. The van der Waals surface area contributed by atoms with Crippen molar-refractivity contribution < 1.29 is 18.8 Å². The Kier molecular flexibility index (Phi) is 6.31. The van der Waals surface area contributed by atoms with E-state index in [2.05, 4.69) is 5.32 Å². The number of benzene rings is 1. The molecule has 3 rings (SSSR count). The summed E-state index contributed by atoms with van der Waals surface area (Å²) in [6.07, 6.45) is 2.26. The van der Waals surface area contributed by atoms with E-state index in [0.29, 0.717) is 44.3 Å². The van der Waals surface area contributed by atoms with E-state index in [4.69, 9.17) is 0 Å². The van der Waals surface area contributed by atoms with Crippen LogP contribution in [0.15, 0.2) is 24.3 Å². The summed E-state index contributed by atoms with van der Waals surface area (Å²) in [5.74, 6) is -0.559. The Hall–Kier alpha value is -2.44. The number of likely N-dealkylation sites (tertiary alicyclic amines) is 2. The van der Waals surface area contributed by atoms with Crippen LogP contribution in [0.2, 0.25) is 0 Å². The van der Waals surface area contributed by atoms with Crippen LogP contribution in [-0.2, 0) is 20.8 Å². The molecular weight excluding hydrogens is 361 g/mol. The fourth-order valence-electron chi connectivity index (χ4n) is 4.11. The van der Waals surface area contributed by atoms with E-state index in [1.165, 1.54) is 6.07 Å². The molecule has 1 atom stereocenters. The van der Waals surface area contributed by atoms with Crippen molar-refractivity contribution in [1.29, 1.82) is 0 Å². The van der Waals surface area contributed by atoms with Crippen LogP contribution in [0.3, 0.4) is 0 Å². The largest absolute Gasteiger partial charge is 0.352 e. The molecule has 7 heteroatoms. The molecule has 0 aromatic heterocycles. The number of hydrogen-bond donors (Lipinski definition) is 1. The Morgan fingerprint density at radius 3 is 2.50 bits per heavy atom. The summed E-state index contributed by atoms with van der Waals surface area (Å²) in [5.41, 5.74) is 0.398. The fourth-order valence-corrected chi connectivity index (χ4v) is 4.11. The topological polar surface area (TPSA) is 69.7 Å². The number of amides is 3. The van der Waals surface area contributed by atoms with Gasteiger partial charge in [0.15, 0.2) is 0 Å². The lowest BCUT2D eigenvalue weighted by Gasteiger charge is -2.39. The fraction of sp³-hybridized carbons (Fsp3) is 0.571. The van der Waals surface area contributed by atoms with Gasteiger partial charge >= 0.3 is 0 Å². The summed E-state index contributed by atoms with van der Waals surface area (Å²) in [5, 5.41) is 2.90. The molecule has 1 unspecified atom stereocenters. The van der Waals surface area contributed by atoms with Gasteiger partial charge < -0.3 is 15.1 Å². The molecular formula is C21H28FN3O3. The first-order chi connectivity index (χ1) is 13.4. The molecule has 152 valence electrons. The Morgan fingerprint density at radius 2 is 1.86 bits per heavy atom. The number of carbonyl (C=O) groups excluding carboxylic acids is 3. The van der Waals surface area contributed by atoms with E-state index in [1.807, 2.05) is 13.8 Å². The number of hydrogen-bond acceptors (Lipinski definition) is 3. The van der Waals surface area contributed by atoms with E-state index < -0.39 is 6.04 Å². The highest BCUT2D eigenvalue weighted by molar-refractivity contribution is 5.91. The lowest BCUT2D eigenvalue weighted by molar-refractivity contribution is -0.140. The predicted molar refractivity (Wildman–Crippen MR) is 103 cm³/mol. The third-order valence-electron chi connectivity index (χ3n) is 5.50. The minimum atomic E-state index is -0.416. The van der Waals surface area contributed by atoms with Crippen LogP contribution in [-0.4, -0.2) is 58.7 Å². The zero-order valence-corrected chi connectivity index (χ0v) is 16.5. The molecule has 2 aliphatic heterocycles. The lowest BCUT2D eigenvalue weighted by atomic mass is 10.0. The number of piperidine rings is 1. The van der Waals surface area contributed by atoms with Crippen molar-refractivity contribution in [2.75, 3.05) is 13.1 Å². The van der Waals surface area contributed by atoms with Crippen molar-refractivity contribution in [2.24, 2.45) is 0 Å². The smallest absolute Gasteiger partial charge is 0.243 e. The average molecular weight is 389 g/mol. The van der Waals surface area contributed by atoms with Gasteiger partial charge in [0.1, 0.15) is 11.9 Å². The summed E-state index contributed by atoms with van der Waals surface area (Å²) >= 11 is 0. The standard InChI is InChI=1S/C21H28FN3O3/c1-14(2)23-21(28)18-7-8-19(26)25(18)16-9-11-24(12-10-16)20(27)13-15-5-3-4-6-17(15)22/h3-6,14,16,18H,7-13H2,1-2H3,(H,23,28). The van der Waals surface area contributed by atoms with Crippen LogP contribution >= 0.6 is 0 Å². The van der Waals surface area contributed by atoms with Crippen molar-refractivity contribution in [1.82, 2.24) is 15.1 Å². The van der Waals surface area contributed by atoms with E-state index in [0.717, 1.165) is 0 Å². The van der Waals surface area contributed by atoms with Crippen LogP contribution in [0.1, 0.15) is 45.1 Å². The molecule has 6 nitrogen and oxygen atoms in total. The second-order valence-corrected chi connectivity index (χ2v) is 7.90. The molecule has 0 radical (unpaired) electrons. The molecule has 0 bridgehead atoms. The summed E-state index contributed by atoms with van der Waals surface area (Å²) in [4.78, 5) is 40.8. The Morgan fingerprint density at radius 1 is 1.18 bits per heavy atom. The quantitative estimate of drug-likeness (QED) is 0.836. The van der Waals surface area contributed by atoms with Gasteiger partial charge in [0, 0.05) is 31.6 Å². The number of rotatable bonds is 5. The van der Waals surface area contributed by atoms with Crippen molar-refractivity contribution in [3.8, 4) is 0 Å². The molecule has 2 saturated heterocycles. The molecule has 28 heavy (non-hydrogen) atoms. The minimum Gasteiger partial charge on any atom is -0.352 e. The van der Waals surface area contributed by atoms with Gasteiger partial charge in [-0.3, -0.25) is 14.4 Å². The van der Waals surface area contributed by atoms with Gasteiger partial charge in [0.25, 0.3) is 0 Å². The zero-order valence-electron chi connectivity index (χ0n) is 16.5. The van der Waals surface area contributed by atoms with E-state index in [1.54, 1.807) is 28.0 Å². The normalized spacial score (nSPS) is 20.7. The molecule has 0 spiro atoms. The molecule has 1 N–H and O–H groups in total. The monoisotopic (exact) mass is 389 g/mol. The van der Waals surface area contributed by atoms with Gasteiger partial charge in [-0.2, -0.15) is 0 Å². The van der Waals surface area contributed by atoms with Crippen LogP contribution in [0.5, 0.6) is 0 Å². The van der Waals surface area contributed by atoms with Crippen LogP contribution in [0.4, 0.5) is 4.39 Å². The molecule has 1 aromatic rings. The van der Waals surface area contributed by atoms with Crippen LogP contribution in [0.25, 0.3) is 0 Å². The second-order valence-electron chi connectivity index (χ2n) is 7.90. The molecule has 2 heterocycles. The van der Waals surface area contributed by atoms with Crippen LogP contribution < -0.4 is 5.32 Å². The number of carbonyl (C=O) groups is 3. The van der Waals surface area contributed by atoms with Crippen molar-refractivity contribution in [3.63, 3.8) is 0 Å². The Balaban J connectivity index is 1.58. The first kappa shape index (κ1) is 20.3. The van der Waals surface area contributed by atoms with E-state index in [9.17, 15) is 18.8 Å². The first-order valence-electron chi connectivity index (χ1n) is 9.99. The second kappa shape index (κ2) is 8.71.